The normalized spacial score (nSPS) is 14.9. The Morgan fingerprint density at radius 1 is 1.15 bits per heavy atom. The van der Waals surface area contributed by atoms with Gasteiger partial charge >= 0.3 is 0 Å². The van der Waals surface area contributed by atoms with Crippen LogP contribution in [-0.2, 0) is 6.42 Å². The van der Waals surface area contributed by atoms with Crippen LogP contribution in [0, 0.1) is 0 Å². The van der Waals surface area contributed by atoms with Crippen molar-refractivity contribution in [3.63, 3.8) is 0 Å². The van der Waals surface area contributed by atoms with E-state index in [0.717, 1.165) is 22.6 Å². The van der Waals surface area contributed by atoms with Crippen LogP contribution in [0.5, 0.6) is 11.5 Å². The first-order valence-electron chi connectivity index (χ1n) is 6.36. The molecule has 0 radical (unpaired) electrons. The molecule has 1 aliphatic heterocycles. The highest BCUT2D eigenvalue weighted by Crippen LogP contribution is 2.35. The summed E-state index contributed by atoms with van der Waals surface area (Å²) in [5.41, 5.74) is 1.97. The molecule has 0 N–H and O–H groups in total. The van der Waals surface area contributed by atoms with E-state index in [2.05, 4.69) is 4.98 Å². The second kappa shape index (κ2) is 5.90. The first kappa shape index (κ1) is 13.5. The molecule has 0 saturated heterocycles. The zero-order chi connectivity index (χ0) is 13.9. The van der Waals surface area contributed by atoms with Gasteiger partial charge in [-0.2, -0.15) is 0 Å². The third kappa shape index (κ3) is 2.84. The van der Waals surface area contributed by atoms with Crippen molar-refractivity contribution in [3.05, 3.63) is 52.8 Å². The second-order valence-corrected chi connectivity index (χ2v) is 5.48. The van der Waals surface area contributed by atoms with Crippen LogP contribution in [0.25, 0.3) is 0 Å². The minimum absolute atomic E-state index is 0.175. The number of ether oxygens (including phenoxy) is 2. The fraction of sp³-hybridized carbons (Fsp3) is 0.267. The third-order valence-corrected chi connectivity index (χ3v) is 3.93. The number of alkyl halides is 1. The summed E-state index contributed by atoms with van der Waals surface area (Å²) in [5.74, 6) is 1.52. The smallest absolute Gasteiger partial charge is 0.161 e. The first-order chi connectivity index (χ1) is 9.74. The Morgan fingerprint density at radius 2 is 1.95 bits per heavy atom. The summed E-state index contributed by atoms with van der Waals surface area (Å²) >= 11 is 12.6. The van der Waals surface area contributed by atoms with Crippen molar-refractivity contribution in [2.24, 2.45) is 0 Å². The molecule has 1 aromatic heterocycles. The molecule has 1 unspecified atom stereocenters. The lowest BCUT2D eigenvalue weighted by atomic mass is 10.0. The molecule has 0 fully saturated rings. The maximum Gasteiger partial charge on any atom is 0.161 e. The van der Waals surface area contributed by atoms with E-state index in [-0.39, 0.29) is 5.38 Å². The number of hydrogen-bond acceptors (Lipinski definition) is 3. The van der Waals surface area contributed by atoms with E-state index >= 15 is 0 Å². The van der Waals surface area contributed by atoms with Crippen LogP contribution in [0.3, 0.4) is 0 Å². The monoisotopic (exact) mass is 309 g/mol. The Labute approximate surface area is 127 Å². The molecule has 0 amide bonds. The predicted octanol–water partition coefficient (Wildman–Crippen LogP) is 4.03. The van der Waals surface area contributed by atoms with Gasteiger partial charge in [-0.25, -0.2) is 0 Å². The highest BCUT2D eigenvalue weighted by Gasteiger charge is 2.16. The van der Waals surface area contributed by atoms with Crippen molar-refractivity contribution in [1.82, 2.24) is 4.98 Å². The molecule has 1 atom stereocenters. The van der Waals surface area contributed by atoms with E-state index in [4.69, 9.17) is 32.7 Å². The van der Waals surface area contributed by atoms with Crippen molar-refractivity contribution in [3.8, 4) is 11.5 Å². The number of rotatable bonds is 3. The molecule has 3 nitrogen and oxygen atoms in total. The molecule has 0 saturated carbocycles. The van der Waals surface area contributed by atoms with Crippen LogP contribution in [-0.4, -0.2) is 18.2 Å². The van der Waals surface area contributed by atoms with Gasteiger partial charge in [-0.05, 0) is 35.7 Å². The van der Waals surface area contributed by atoms with Gasteiger partial charge in [0.2, 0.25) is 0 Å². The van der Waals surface area contributed by atoms with Crippen molar-refractivity contribution < 1.29 is 9.47 Å². The van der Waals surface area contributed by atoms with E-state index < -0.39 is 0 Å². The maximum atomic E-state index is 6.48. The highest BCUT2D eigenvalue weighted by atomic mass is 35.5. The lowest BCUT2D eigenvalue weighted by Gasteiger charge is -2.20. The van der Waals surface area contributed by atoms with Crippen LogP contribution in [0.15, 0.2) is 36.7 Å². The van der Waals surface area contributed by atoms with Gasteiger partial charge in [-0.3, -0.25) is 4.98 Å². The van der Waals surface area contributed by atoms with Crippen LogP contribution in [0.1, 0.15) is 16.5 Å². The van der Waals surface area contributed by atoms with Crippen LogP contribution < -0.4 is 9.47 Å². The van der Waals surface area contributed by atoms with Crippen LogP contribution in [0.4, 0.5) is 0 Å². The summed E-state index contributed by atoms with van der Waals surface area (Å²) in [5, 5.41) is 0.460. The van der Waals surface area contributed by atoms with Gasteiger partial charge in [0.1, 0.15) is 13.2 Å². The minimum Gasteiger partial charge on any atom is -0.486 e. The van der Waals surface area contributed by atoms with Gasteiger partial charge in [0.05, 0.1) is 10.4 Å². The number of aromatic nitrogens is 1. The van der Waals surface area contributed by atoms with Gasteiger partial charge < -0.3 is 9.47 Å². The largest absolute Gasteiger partial charge is 0.486 e. The van der Waals surface area contributed by atoms with Crippen molar-refractivity contribution in [2.75, 3.05) is 13.2 Å². The molecule has 104 valence electrons. The van der Waals surface area contributed by atoms with Gasteiger partial charge in [0, 0.05) is 12.4 Å². The Bertz CT molecular complexity index is 619. The van der Waals surface area contributed by atoms with E-state index in [9.17, 15) is 0 Å². The summed E-state index contributed by atoms with van der Waals surface area (Å²) in [6.45, 7) is 1.16. The number of pyridine rings is 1. The average Bonchev–Trinajstić information content (AvgIpc) is 2.49. The molecule has 0 spiro atoms. The SMILES string of the molecule is Clc1cnccc1CC(Cl)c1ccc2c(c1)OCCO2. The number of halogens is 2. The molecular formula is C15H13Cl2NO2. The van der Waals surface area contributed by atoms with Crippen molar-refractivity contribution in [2.45, 2.75) is 11.8 Å². The number of fused-ring (bicyclic) bond motifs is 1. The zero-order valence-electron chi connectivity index (χ0n) is 10.7. The number of benzene rings is 1. The third-order valence-electron chi connectivity index (χ3n) is 3.18. The topological polar surface area (TPSA) is 31.4 Å². The molecule has 3 rings (SSSR count). The van der Waals surface area contributed by atoms with Gasteiger partial charge in [-0.15, -0.1) is 11.6 Å². The zero-order valence-corrected chi connectivity index (χ0v) is 12.2. The molecule has 2 aromatic rings. The molecule has 1 aromatic carbocycles. The first-order valence-corrected chi connectivity index (χ1v) is 7.17. The maximum absolute atomic E-state index is 6.48. The van der Waals surface area contributed by atoms with Crippen LogP contribution >= 0.6 is 23.2 Å². The second-order valence-electron chi connectivity index (χ2n) is 4.54. The highest BCUT2D eigenvalue weighted by molar-refractivity contribution is 6.31. The lowest BCUT2D eigenvalue weighted by Crippen LogP contribution is -2.15. The standard InChI is InChI=1S/C15H13Cl2NO2/c16-12(7-11-3-4-18-9-13(11)17)10-1-2-14-15(8-10)20-6-5-19-14/h1-4,8-9,12H,5-7H2. The van der Waals surface area contributed by atoms with Crippen molar-refractivity contribution >= 4 is 23.2 Å². The van der Waals surface area contributed by atoms with Crippen LogP contribution in [0.2, 0.25) is 5.02 Å². The lowest BCUT2D eigenvalue weighted by molar-refractivity contribution is 0.171. The van der Waals surface area contributed by atoms with Crippen molar-refractivity contribution in [1.29, 1.82) is 0 Å². The summed E-state index contributed by atoms with van der Waals surface area (Å²) in [4.78, 5) is 3.97. The van der Waals surface area contributed by atoms with E-state index in [1.807, 2.05) is 24.3 Å². The van der Waals surface area contributed by atoms with Gasteiger partial charge in [-0.1, -0.05) is 17.7 Å². The quantitative estimate of drug-likeness (QED) is 0.802. The molecule has 2 heterocycles. The fourth-order valence-corrected chi connectivity index (χ4v) is 2.63. The van der Waals surface area contributed by atoms with E-state index in [1.54, 1.807) is 12.4 Å². The Kier molecular flexibility index (Phi) is 3.99. The van der Waals surface area contributed by atoms with Gasteiger partial charge in [0.15, 0.2) is 11.5 Å². The Hall–Kier alpha value is -1.45. The Balaban J connectivity index is 1.80. The minimum atomic E-state index is -0.175. The molecule has 5 heteroatoms. The molecule has 1 aliphatic rings. The predicted molar refractivity (Wildman–Crippen MR) is 79.0 cm³/mol. The summed E-state index contributed by atoms with van der Waals surface area (Å²) < 4.78 is 11.1. The molecule has 0 aliphatic carbocycles. The van der Waals surface area contributed by atoms with E-state index in [1.165, 1.54) is 0 Å². The average molecular weight is 310 g/mol. The molecule has 20 heavy (non-hydrogen) atoms. The number of hydrogen-bond donors (Lipinski definition) is 0. The number of nitrogens with zero attached hydrogens (tertiary/aromatic N) is 1. The summed E-state index contributed by atoms with van der Waals surface area (Å²) in [6, 6.07) is 7.67. The molecule has 0 bridgehead atoms. The summed E-state index contributed by atoms with van der Waals surface area (Å²) in [7, 11) is 0. The van der Waals surface area contributed by atoms with E-state index in [0.29, 0.717) is 24.7 Å². The fourth-order valence-electron chi connectivity index (χ4n) is 2.14. The van der Waals surface area contributed by atoms with Gasteiger partial charge in [0.25, 0.3) is 0 Å². The summed E-state index contributed by atoms with van der Waals surface area (Å²) in [6.07, 6.45) is 3.99. The Morgan fingerprint density at radius 3 is 2.75 bits per heavy atom. The molecular weight excluding hydrogens is 297 g/mol.